The molecule has 118 valence electrons. The van der Waals surface area contributed by atoms with Crippen molar-refractivity contribution in [3.63, 3.8) is 0 Å². The Morgan fingerprint density at radius 2 is 1.70 bits per heavy atom. The number of hydrogen-bond donors (Lipinski definition) is 0. The highest BCUT2D eigenvalue weighted by Gasteiger charge is 2.30. The molecule has 2 atom stereocenters. The second-order valence-electron chi connectivity index (χ2n) is 5.10. The highest BCUT2D eigenvalue weighted by atomic mass is 32.2. The Morgan fingerprint density at radius 1 is 1.04 bits per heavy atom. The van der Waals surface area contributed by atoms with Gasteiger partial charge < -0.3 is 9.47 Å². The van der Waals surface area contributed by atoms with E-state index in [1.165, 1.54) is 19.9 Å². The molecule has 2 aromatic carbocycles. The van der Waals surface area contributed by atoms with Gasteiger partial charge in [0.1, 0.15) is 5.76 Å². The summed E-state index contributed by atoms with van der Waals surface area (Å²) in [5, 5.41) is 1.84. The van der Waals surface area contributed by atoms with Gasteiger partial charge in [0.25, 0.3) is 0 Å². The average Bonchev–Trinajstić information content (AvgIpc) is 2.49. The topological polar surface area (TPSA) is 69.7 Å². The molecule has 2 unspecified atom stereocenters. The second-order valence-corrected chi connectivity index (χ2v) is 6.59. The fourth-order valence-electron chi connectivity index (χ4n) is 2.46. The van der Waals surface area contributed by atoms with E-state index in [-0.39, 0.29) is 5.76 Å². The summed E-state index contributed by atoms with van der Waals surface area (Å²) >= 11 is 0. The predicted molar refractivity (Wildman–Crippen MR) is 85.7 cm³/mol. The van der Waals surface area contributed by atoms with E-state index < -0.39 is 28.2 Å². The summed E-state index contributed by atoms with van der Waals surface area (Å²) in [5.74, 6) is -0.792. The van der Waals surface area contributed by atoms with E-state index in [0.717, 1.165) is 10.8 Å². The third kappa shape index (κ3) is 3.03. The van der Waals surface area contributed by atoms with Gasteiger partial charge in [0.2, 0.25) is 5.44 Å². The van der Waals surface area contributed by atoms with Gasteiger partial charge in [-0.2, -0.15) is 0 Å². The van der Waals surface area contributed by atoms with Crippen LogP contribution in [0.3, 0.4) is 0 Å². The lowest BCUT2D eigenvalue weighted by Gasteiger charge is -2.23. The third-order valence-corrected chi connectivity index (χ3v) is 4.79. The SMILES string of the molecule is CC(=O)OC1=CC(OC(C)=O)S(=O)c2cc3ccccc3cc21. The first-order chi connectivity index (χ1) is 11.0. The standard InChI is InChI=1S/C17H14O5S/c1-10(18)21-15-9-17(22-11(2)19)23(20)16-8-13-6-4-3-5-12(13)7-14(15)16/h3-9,17H,1-2H3. The molecule has 0 aromatic heterocycles. The van der Waals surface area contributed by atoms with Crippen LogP contribution >= 0.6 is 0 Å². The average molecular weight is 330 g/mol. The smallest absolute Gasteiger partial charge is 0.308 e. The largest absolute Gasteiger partial charge is 0.444 e. The molecule has 0 saturated heterocycles. The van der Waals surface area contributed by atoms with E-state index >= 15 is 0 Å². The van der Waals surface area contributed by atoms with Gasteiger partial charge in [-0.1, -0.05) is 24.3 Å². The van der Waals surface area contributed by atoms with Crippen molar-refractivity contribution in [2.45, 2.75) is 24.2 Å². The maximum Gasteiger partial charge on any atom is 0.308 e. The van der Waals surface area contributed by atoms with Crippen molar-refractivity contribution in [1.82, 2.24) is 0 Å². The van der Waals surface area contributed by atoms with Crippen LogP contribution in [0, 0.1) is 0 Å². The summed E-state index contributed by atoms with van der Waals surface area (Å²) in [6.45, 7) is 2.53. The van der Waals surface area contributed by atoms with Gasteiger partial charge in [-0.05, 0) is 22.9 Å². The molecular weight excluding hydrogens is 316 g/mol. The van der Waals surface area contributed by atoms with Crippen molar-refractivity contribution in [2.75, 3.05) is 0 Å². The van der Waals surface area contributed by atoms with Crippen molar-refractivity contribution >= 4 is 39.3 Å². The van der Waals surface area contributed by atoms with E-state index in [0.29, 0.717) is 10.5 Å². The molecule has 0 N–H and O–H groups in total. The number of rotatable bonds is 2. The summed E-state index contributed by atoms with van der Waals surface area (Å²) in [4.78, 5) is 23.0. The Morgan fingerprint density at radius 3 is 2.30 bits per heavy atom. The number of carbonyl (C=O) groups excluding carboxylic acids is 2. The molecule has 0 saturated carbocycles. The summed E-state index contributed by atoms with van der Waals surface area (Å²) in [5.41, 5.74) is -0.406. The molecule has 0 fully saturated rings. The lowest BCUT2D eigenvalue weighted by molar-refractivity contribution is -0.141. The fourth-order valence-corrected chi connectivity index (χ4v) is 3.80. The summed E-state index contributed by atoms with van der Waals surface area (Å²) in [6, 6.07) is 11.2. The van der Waals surface area contributed by atoms with Gasteiger partial charge >= 0.3 is 11.9 Å². The molecule has 0 radical (unpaired) electrons. The molecule has 1 heterocycles. The molecular formula is C17H14O5S. The van der Waals surface area contributed by atoms with Gasteiger partial charge in [0.05, 0.1) is 15.7 Å². The number of fused-ring (bicyclic) bond motifs is 2. The number of benzene rings is 2. The monoisotopic (exact) mass is 330 g/mol. The Hall–Kier alpha value is -2.47. The first kappa shape index (κ1) is 15.4. The first-order valence-electron chi connectivity index (χ1n) is 6.97. The van der Waals surface area contributed by atoms with E-state index in [4.69, 9.17) is 9.47 Å². The van der Waals surface area contributed by atoms with Crippen LogP contribution in [-0.4, -0.2) is 21.6 Å². The van der Waals surface area contributed by atoms with Crippen LogP contribution in [0.1, 0.15) is 19.4 Å². The van der Waals surface area contributed by atoms with Crippen molar-refractivity contribution < 1.29 is 23.3 Å². The highest BCUT2D eigenvalue weighted by Crippen LogP contribution is 2.35. The molecule has 1 aliphatic rings. The molecule has 0 spiro atoms. The fraction of sp³-hybridized carbons (Fsp3) is 0.176. The van der Waals surface area contributed by atoms with Crippen molar-refractivity contribution in [1.29, 1.82) is 0 Å². The predicted octanol–water partition coefficient (Wildman–Crippen LogP) is 2.75. The van der Waals surface area contributed by atoms with Crippen LogP contribution in [0.2, 0.25) is 0 Å². The minimum absolute atomic E-state index is 0.254. The van der Waals surface area contributed by atoms with E-state index in [9.17, 15) is 13.8 Å². The van der Waals surface area contributed by atoms with Crippen molar-refractivity contribution in [3.8, 4) is 0 Å². The second kappa shape index (κ2) is 5.96. The molecule has 3 rings (SSSR count). The Bertz CT molecular complexity index is 868. The lowest BCUT2D eigenvalue weighted by atomic mass is 10.1. The maximum atomic E-state index is 12.7. The number of esters is 2. The van der Waals surface area contributed by atoms with E-state index in [2.05, 4.69) is 0 Å². The van der Waals surface area contributed by atoms with Gasteiger partial charge in [-0.3, -0.25) is 13.8 Å². The third-order valence-electron chi connectivity index (χ3n) is 3.36. The summed E-state index contributed by atoms with van der Waals surface area (Å²) in [6.07, 6.45) is 1.41. The Kier molecular flexibility index (Phi) is 4.00. The molecule has 0 bridgehead atoms. The van der Waals surface area contributed by atoms with E-state index in [1.54, 1.807) is 6.07 Å². The van der Waals surface area contributed by atoms with Crippen LogP contribution in [0.4, 0.5) is 0 Å². The van der Waals surface area contributed by atoms with E-state index in [1.807, 2.05) is 30.3 Å². The first-order valence-corrected chi connectivity index (χ1v) is 8.18. The molecule has 5 nitrogen and oxygen atoms in total. The number of carbonyl (C=O) groups is 2. The van der Waals surface area contributed by atoms with Crippen LogP contribution in [0.5, 0.6) is 0 Å². The zero-order chi connectivity index (χ0) is 16.6. The van der Waals surface area contributed by atoms with Crippen LogP contribution < -0.4 is 0 Å². The normalized spacial score (nSPS) is 19.7. The molecule has 1 aliphatic heterocycles. The van der Waals surface area contributed by atoms with Crippen molar-refractivity contribution in [3.05, 3.63) is 48.0 Å². The van der Waals surface area contributed by atoms with Gasteiger partial charge in [-0.25, -0.2) is 0 Å². The zero-order valence-electron chi connectivity index (χ0n) is 12.6. The van der Waals surface area contributed by atoms with Gasteiger partial charge in [0, 0.05) is 25.5 Å². The maximum absolute atomic E-state index is 12.7. The van der Waals surface area contributed by atoms with Crippen LogP contribution in [0.15, 0.2) is 47.4 Å². The van der Waals surface area contributed by atoms with Gasteiger partial charge in [-0.15, -0.1) is 0 Å². The molecule has 0 aliphatic carbocycles. The number of hydrogen-bond acceptors (Lipinski definition) is 5. The summed E-state index contributed by atoms with van der Waals surface area (Å²) in [7, 11) is -1.58. The molecule has 2 aromatic rings. The minimum atomic E-state index is -1.58. The summed E-state index contributed by atoms with van der Waals surface area (Å²) < 4.78 is 23.0. The minimum Gasteiger partial charge on any atom is -0.444 e. The molecule has 23 heavy (non-hydrogen) atoms. The van der Waals surface area contributed by atoms with Gasteiger partial charge in [0.15, 0.2) is 0 Å². The zero-order valence-corrected chi connectivity index (χ0v) is 13.4. The van der Waals surface area contributed by atoms with Crippen LogP contribution in [0.25, 0.3) is 16.5 Å². The van der Waals surface area contributed by atoms with Crippen LogP contribution in [-0.2, 0) is 29.9 Å². The lowest BCUT2D eigenvalue weighted by Crippen LogP contribution is -2.25. The van der Waals surface area contributed by atoms with Crippen molar-refractivity contribution in [2.24, 2.45) is 0 Å². The Balaban J connectivity index is 2.18. The Labute approximate surface area is 135 Å². The molecule has 0 amide bonds. The number of ether oxygens (including phenoxy) is 2. The molecule has 6 heteroatoms. The quantitative estimate of drug-likeness (QED) is 0.792. The highest BCUT2D eigenvalue weighted by molar-refractivity contribution is 7.85.